The Labute approximate surface area is 280 Å². The quantitative estimate of drug-likeness (QED) is 0.141. The molecule has 0 spiro atoms. The molecule has 1 aromatic heterocycles. The second-order valence-electron chi connectivity index (χ2n) is 11.9. The van der Waals surface area contributed by atoms with Crippen LogP contribution in [0.2, 0.25) is 0 Å². The van der Waals surface area contributed by atoms with Gasteiger partial charge in [0.2, 0.25) is 0 Å². The van der Waals surface area contributed by atoms with Crippen LogP contribution in [0, 0.1) is 22.7 Å². The molecule has 0 saturated heterocycles. The first-order chi connectivity index (χ1) is 23.8. The molecule has 0 bridgehead atoms. The van der Waals surface area contributed by atoms with E-state index < -0.39 is 8.07 Å². The van der Waals surface area contributed by atoms with Gasteiger partial charge in [-0.15, -0.1) is 0 Å². The highest BCUT2D eigenvalue weighted by Gasteiger charge is 2.44. The normalized spacial score (nSPS) is 11.3. The van der Waals surface area contributed by atoms with Crippen LogP contribution in [0.25, 0.3) is 38.6 Å². The van der Waals surface area contributed by atoms with E-state index in [-0.39, 0.29) is 0 Å². The van der Waals surface area contributed by atoms with Crippen molar-refractivity contribution in [2.75, 3.05) is 0 Å². The van der Waals surface area contributed by atoms with E-state index in [0.29, 0.717) is 16.7 Å². The third kappa shape index (κ3) is 4.40. The molecule has 8 rings (SSSR count). The molecule has 0 radical (unpaired) electrons. The minimum atomic E-state index is -3.08. The van der Waals surface area contributed by atoms with Gasteiger partial charge in [-0.1, -0.05) is 152 Å². The molecule has 48 heavy (non-hydrogen) atoms. The van der Waals surface area contributed by atoms with Crippen molar-refractivity contribution in [3.63, 3.8) is 0 Å². The van der Waals surface area contributed by atoms with E-state index in [9.17, 15) is 10.5 Å². The van der Waals surface area contributed by atoms with E-state index in [0.717, 1.165) is 38.2 Å². The second kappa shape index (κ2) is 12.0. The molecule has 0 aliphatic heterocycles. The zero-order valence-electron chi connectivity index (χ0n) is 26.1. The van der Waals surface area contributed by atoms with Crippen LogP contribution in [0.4, 0.5) is 0 Å². The zero-order valence-corrected chi connectivity index (χ0v) is 27.1. The van der Waals surface area contributed by atoms with E-state index >= 15 is 0 Å². The van der Waals surface area contributed by atoms with Gasteiger partial charge in [0.05, 0.1) is 40.0 Å². The van der Waals surface area contributed by atoms with Crippen LogP contribution in [0.3, 0.4) is 0 Å². The first kappa shape index (κ1) is 29.0. The summed E-state index contributed by atoms with van der Waals surface area (Å²) in [7, 11) is -3.08. The summed E-state index contributed by atoms with van der Waals surface area (Å²) in [6.07, 6.45) is 0. The molecule has 0 fully saturated rings. The number of hydrogen-bond acceptors (Lipinski definition) is 2. The van der Waals surface area contributed by atoms with Crippen molar-refractivity contribution in [3.05, 3.63) is 187 Å². The largest absolute Gasteiger partial charge is 0.309 e. The van der Waals surface area contributed by atoms with Gasteiger partial charge in [-0.2, -0.15) is 10.5 Å². The van der Waals surface area contributed by atoms with Crippen molar-refractivity contribution >= 4 is 50.6 Å². The van der Waals surface area contributed by atoms with E-state index in [2.05, 4.69) is 150 Å². The van der Waals surface area contributed by atoms with E-state index in [1.807, 2.05) is 42.5 Å². The van der Waals surface area contributed by atoms with Crippen molar-refractivity contribution in [2.45, 2.75) is 0 Å². The Hall–Kier alpha value is -6.46. The Morgan fingerprint density at radius 3 is 1.40 bits per heavy atom. The number of nitriles is 2. The zero-order chi connectivity index (χ0) is 32.5. The van der Waals surface area contributed by atoms with Crippen LogP contribution < -0.4 is 20.7 Å². The van der Waals surface area contributed by atoms with Gasteiger partial charge in [0.25, 0.3) is 0 Å². The number of rotatable bonds is 6. The van der Waals surface area contributed by atoms with Gasteiger partial charge in [-0.05, 0) is 45.0 Å². The predicted octanol–water partition coefficient (Wildman–Crippen LogP) is 7.57. The highest BCUT2D eigenvalue weighted by Crippen LogP contribution is 2.38. The third-order valence-corrected chi connectivity index (χ3v) is 14.3. The molecule has 0 atom stereocenters. The Bertz CT molecular complexity index is 2370. The van der Waals surface area contributed by atoms with Gasteiger partial charge in [0.1, 0.15) is 0 Å². The maximum atomic E-state index is 11.3. The van der Waals surface area contributed by atoms with Gasteiger partial charge in [-0.25, -0.2) is 0 Å². The van der Waals surface area contributed by atoms with Gasteiger partial charge in [0.15, 0.2) is 8.07 Å². The molecule has 0 amide bonds. The second-order valence-corrected chi connectivity index (χ2v) is 15.6. The fourth-order valence-electron chi connectivity index (χ4n) is 7.50. The van der Waals surface area contributed by atoms with E-state index in [1.54, 1.807) is 0 Å². The lowest BCUT2D eigenvalue weighted by Crippen LogP contribution is -2.75. The molecule has 0 unspecified atom stereocenters. The molecule has 7 aromatic carbocycles. The maximum absolute atomic E-state index is 11.3. The lowest BCUT2D eigenvalue weighted by atomic mass is 9.93. The Morgan fingerprint density at radius 1 is 0.438 bits per heavy atom. The third-order valence-electron chi connectivity index (χ3n) is 9.46. The lowest BCUT2D eigenvalue weighted by Gasteiger charge is -2.35. The number of benzene rings is 7. The van der Waals surface area contributed by atoms with Crippen LogP contribution >= 0.6 is 0 Å². The number of fused-ring (bicyclic) bond motifs is 3. The molecule has 0 N–H and O–H groups in total. The molecule has 0 saturated carbocycles. The standard InChI is InChI=1S/C44H29N3Si/c45-30-32-28-29-43(48(33-16-4-1-5-17-33,34-18-6-2-7-19-34)35-20-8-3-9-21-35)39(31-46)44(32)38-24-12-15-27-42(38)47-40-25-13-10-22-36(40)37-23-11-14-26-41(37)47/h1-29H. The van der Waals surface area contributed by atoms with Gasteiger partial charge < -0.3 is 4.57 Å². The highest BCUT2D eigenvalue weighted by molar-refractivity contribution is 7.20. The summed E-state index contributed by atoms with van der Waals surface area (Å²) >= 11 is 0. The molecule has 1 heterocycles. The number of para-hydroxylation sites is 3. The van der Waals surface area contributed by atoms with Crippen LogP contribution in [0.5, 0.6) is 0 Å². The Balaban J connectivity index is 1.52. The van der Waals surface area contributed by atoms with E-state index in [4.69, 9.17) is 0 Å². The molecule has 4 heteroatoms. The van der Waals surface area contributed by atoms with Crippen LogP contribution in [0.15, 0.2) is 176 Å². The first-order valence-electron chi connectivity index (χ1n) is 16.0. The van der Waals surface area contributed by atoms with Gasteiger partial charge >= 0.3 is 0 Å². The summed E-state index contributed by atoms with van der Waals surface area (Å²) < 4.78 is 2.27. The Kier molecular flexibility index (Phi) is 7.27. The fraction of sp³-hybridized carbons (Fsp3) is 0. The van der Waals surface area contributed by atoms with E-state index in [1.165, 1.54) is 15.6 Å². The summed E-state index contributed by atoms with van der Waals surface area (Å²) in [5.74, 6) is 0. The SMILES string of the molecule is N#Cc1ccc([Si](c2ccccc2)(c2ccccc2)c2ccccc2)c(C#N)c1-c1ccccc1-n1c2ccccc2c2ccccc21. The smallest absolute Gasteiger partial charge is 0.180 e. The maximum Gasteiger partial charge on any atom is 0.180 e. The first-order valence-corrected chi connectivity index (χ1v) is 18.0. The minimum absolute atomic E-state index is 0.473. The summed E-state index contributed by atoms with van der Waals surface area (Å²) in [5, 5.41) is 28.7. The number of nitrogens with zero attached hydrogens (tertiary/aromatic N) is 3. The van der Waals surface area contributed by atoms with Crippen molar-refractivity contribution < 1.29 is 0 Å². The number of aromatic nitrogens is 1. The van der Waals surface area contributed by atoms with Crippen molar-refractivity contribution in [2.24, 2.45) is 0 Å². The number of hydrogen-bond donors (Lipinski definition) is 0. The average molecular weight is 628 g/mol. The molecule has 0 aliphatic rings. The molecule has 224 valence electrons. The van der Waals surface area contributed by atoms with Crippen LogP contribution in [-0.4, -0.2) is 12.6 Å². The Morgan fingerprint density at radius 2 is 0.896 bits per heavy atom. The van der Waals surface area contributed by atoms with Crippen LogP contribution in [-0.2, 0) is 0 Å². The monoisotopic (exact) mass is 627 g/mol. The lowest BCUT2D eigenvalue weighted by molar-refractivity contribution is 1.18. The van der Waals surface area contributed by atoms with Crippen molar-refractivity contribution in [1.82, 2.24) is 4.57 Å². The summed E-state index contributed by atoms with van der Waals surface area (Å²) in [4.78, 5) is 0. The summed E-state index contributed by atoms with van der Waals surface area (Å²) in [6, 6.07) is 65.9. The molecule has 3 nitrogen and oxygen atoms in total. The fourth-order valence-corrected chi connectivity index (χ4v) is 12.4. The van der Waals surface area contributed by atoms with Crippen LogP contribution in [0.1, 0.15) is 11.1 Å². The van der Waals surface area contributed by atoms with Gasteiger partial charge in [-0.3, -0.25) is 0 Å². The molecule has 0 aliphatic carbocycles. The topological polar surface area (TPSA) is 52.5 Å². The van der Waals surface area contributed by atoms with Crippen molar-refractivity contribution in [1.29, 1.82) is 10.5 Å². The summed E-state index contributed by atoms with van der Waals surface area (Å²) in [5.41, 5.74) is 5.57. The molecular weight excluding hydrogens is 599 g/mol. The molecule has 8 aromatic rings. The highest BCUT2D eigenvalue weighted by atomic mass is 28.3. The predicted molar refractivity (Wildman–Crippen MR) is 199 cm³/mol. The minimum Gasteiger partial charge on any atom is -0.309 e. The molecular formula is C44H29N3Si. The van der Waals surface area contributed by atoms with Crippen molar-refractivity contribution in [3.8, 4) is 29.0 Å². The van der Waals surface area contributed by atoms with Gasteiger partial charge in [0, 0.05) is 21.9 Å². The summed E-state index contributed by atoms with van der Waals surface area (Å²) in [6.45, 7) is 0. The average Bonchev–Trinajstić information content (AvgIpc) is 3.50.